The highest BCUT2D eigenvalue weighted by atomic mass is 33.1. The molecule has 1 N–H and O–H groups in total. The number of carbonyl (C=O) groups excluding carboxylic acids is 1. The Morgan fingerprint density at radius 1 is 1.42 bits per heavy atom. The first-order valence-corrected chi connectivity index (χ1v) is 11.0. The van der Waals surface area contributed by atoms with Gasteiger partial charge in [0.2, 0.25) is 5.91 Å². The molecule has 2 heterocycles. The maximum Gasteiger partial charge on any atom is 0.220 e. The van der Waals surface area contributed by atoms with Crippen molar-refractivity contribution in [3.8, 4) is 0 Å². The predicted octanol–water partition coefficient (Wildman–Crippen LogP) is 4.46. The zero-order chi connectivity index (χ0) is 16.9. The van der Waals surface area contributed by atoms with E-state index in [1.165, 1.54) is 18.6 Å². The van der Waals surface area contributed by atoms with Crippen molar-refractivity contribution in [3.63, 3.8) is 0 Å². The first-order chi connectivity index (χ1) is 11.6. The summed E-state index contributed by atoms with van der Waals surface area (Å²) in [6, 6.07) is 7.99. The third-order valence-electron chi connectivity index (χ3n) is 4.49. The van der Waals surface area contributed by atoms with E-state index in [1.54, 1.807) is 0 Å². The Morgan fingerprint density at radius 3 is 3.00 bits per heavy atom. The maximum absolute atomic E-state index is 12.2. The molecule has 4 nitrogen and oxygen atoms in total. The fourth-order valence-electron chi connectivity index (χ4n) is 3.15. The molecule has 1 unspecified atom stereocenters. The van der Waals surface area contributed by atoms with Gasteiger partial charge in [-0.1, -0.05) is 40.1 Å². The number of aryl methyl sites for hydroxylation is 1. The number of aromatic nitrogens is 2. The number of fused-ring (bicyclic) bond motifs is 1. The zero-order valence-electron chi connectivity index (χ0n) is 14.3. The minimum absolute atomic E-state index is 0.0725. The number of imidazole rings is 1. The zero-order valence-corrected chi connectivity index (χ0v) is 16.0. The van der Waals surface area contributed by atoms with Crippen LogP contribution in [-0.2, 0) is 11.8 Å². The normalized spacial score (nSPS) is 18.8. The Bertz CT molecular complexity index is 695. The fourth-order valence-corrected chi connectivity index (χ4v) is 6.18. The summed E-state index contributed by atoms with van der Waals surface area (Å²) in [6.45, 7) is 2.01. The van der Waals surface area contributed by atoms with E-state index < -0.39 is 0 Å². The number of carbonyl (C=O) groups is 1. The van der Waals surface area contributed by atoms with Gasteiger partial charge in [-0.3, -0.25) is 4.79 Å². The lowest BCUT2D eigenvalue weighted by atomic mass is 10.1. The van der Waals surface area contributed by atoms with Crippen LogP contribution in [0.2, 0.25) is 0 Å². The third-order valence-corrected chi connectivity index (χ3v) is 7.50. The monoisotopic (exact) mass is 363 g/mol. The summed E-state index contributed by atoms with van der Waals surface area (Å²) in [5, 5.41) is 3.90. The van der Waals surface area contributed by atoms with Crippen molar-refractivity contribution in [3.05, 3.63) is 30.1 Å². The Hall–Kier alpha value is -1.14. The highest BCUT2D eigenvalue weighted by Crippen LogP contribution is 2.39. The van der Waals surface area contributed by atoms with E-state index in [-0.39, 0.29) is 11.9 Å². The lowest BCUT2D eigenvalue weighted by Crippen LogP contribution is -2.28. The molecule has 0 bridgehead atoms. The van der Waals surface area contributed by atoms with Gasteiger partial charge in [0, 0.05) is 24.5 Å². The van der Waals surface area contributed by atoms with E-state index in [2.05, 4.69) is 20.9 Å². The summed E-state index contributed by atoms with van der Waals surface area (Å²) < 4.78 is 2.06. The SMILES string of the molecule is C[C@H](NC(=O)CCCCC1CCSS1)c1nc2ccccc2n1C. The van der Waals surface area contributed by atoms with Gasteiger partial charge < -0.3 is 9.88 Å². The Kier molecular flexibility index (Phi) is 6.11. The molecule has 2 atom stereocenters. The molecule has 1 fully saturated rings. The molecule has 6 heteroatoms. The molecule has 1 aromatic carbocycles. The van der Waals surface area contributed by atoms with E-state index in [0.29, 0.717) is 6.42 Å². The standard InChI is InChI=1S/C18H25N3OS2/c1-13(18-20-15-8-4-5-9-16(15)21(18)2)19-17(22)10-6-3-7-14-11-12-23-24-14/h4-5,8-9,13-14H,3,6-7,10-12H2,1-2H3,(H,19,22)/t13-,14?/m0/s1. The Labute approximate surface area is 151 Å². The highest BCUT2D eigenvalue weighted by Gasteiger charge is 2.18. The summed E-state index contributed by atoms with van der Waals surface area (Å²) in [6.07, 6.45) is 5.30. The van der Waals surface area contributed by atoms with Crippen molar-refractivity contribution in [2.75, 3.05) is 5.75 Å². The number of unbranched alkanes of at least 4 members (excludes halogenated alkanes) is 1. The lowest BCUT2D eigenvalue weighted by Gasteiger charge is -2.14. The summed E-state index contributed by atoms with van der Waals surface area (Å²) in [5.74, 6) is 2.32. The Balaban J connectivity index is 1.47. The molecule has 0 saturated carbocycles. The van der Waals surface area contributed by atoms with Crippen molar-refractivity contribution in [2.45, 2.75) is 50.3 Å². The topological polar surface area (TPSA) is 46.9 Å². The molecule has 0 spiro atoms. The van der Waals surface area contributed by atoms with Gasteiger partial charge in [0.05, 0.1) is 17.1 Å². The molecular weight excluding hydrogens is 338 g/mol. The van der Waals surface area contributed by atoms with E-state index in [1.807, 2.05) is 53.8 Å². The van der Waals surface area contributed by atoms with Gasteiger partial charge in [0.15, 0.2) is 0 Å². The molecule has 1 saturated heterocycles. The second-order valence-corrected chi connectivity index (χ2v) is 9.17. The van der Waals surface area contributed by atoms with Crippen LogP contribution < -0.4 is 5.32 Å². The van der Waals surface area contributed by atoms with Crippen LogP contribution in [0.3, 0.4) is 0 Å². The number of nitrogens with zero attached hydrogens (tertiary/aromatic N) is 2. The van der Waals surface area contributed by atoms with Gasteiger partial charge in [-0.25, -0.2) is 4.98 Å². The van der Waals surface area contributed by atoms with Crippen LogP contribution in [0.1, 0.15) is 50.9 Å². The van der Waals surface area contributed by atoms with Crippen LogP contribution >= 0.6 is 21.6 Å². The van der Waals surface area contributed by atoms with E-state index in [0.717, 1.165) is 34.9 Å². The fraction of sp³-hybridized carbons (Fsp3) is 0.556. The van der Waals surface area contributed by atoms with Gasteiger partial charge in [0.25, 0.3) is 0 Å². The molecule has 1 aliphatic rings. The number of benzene rings is 1. The number of hydrogen-bond acceptors (Lipinski definition) is 4. The second-order valence-electron chi connectivity index (χ2n) is 6.38. The van der Waals surface area contributed by atoms with E-state index in [4.69, 9.17) is 0 Å². The predicted molar refractivity (Wildman–Crippen MR) is 104 cm³/mol. The molecule has 0 aliphatic carbocycles. The first-order valence-electron chi connectivity index (χ1n) is 8.64. The number of nitrogens with one attached hydrogen (secondary N) is 1. The summed E-state index contributed by atoms with van der Waals surface area (Å²) >= 11 is 0. The molecule has 1 aliphatic heterocycles. The highest BCUT2D eigenvalue weighted by molar-refractivity contribution is 8.77. The quantitative estimate of drug-likeness (QED) is 0.582. The second kappa shape index (κ2) is 8.30. The smallest absolute Gasteiger partial charge is 0.220 e. The van der Waals surface area contributed by atoms with Crippen LogP contribution in [-0.4, -0.2) is 26.5 Å². The van der Waals surface area contributed by atoms with E-state index in [9.17, 15) is 4.79 Å². The van der Waals surface area contributed by atoms with Crippen LogP contribution in [0.25, 0.3) is 11.0 Å². The average Bonchev–Trinajstić information content (AvgIpc) is 3.20. The molecule has 24 heavy (non-hydrogen) atoms. The van der Waals surface area contributed by atoms with Gasteiger partial charge in [-0.2, -0.15) is 0 Å². The molecule has 130 valence electrons. The average molecular weight is 364 g/mol. The van der Waals surface area contributed by atoms with Crippen molar-refractivity contribution >= 4 is 38.5 Å². The van der Waals surface area contributed by atoms with Crippen LogP contribution in [0.15, 0.2) is 24.3 Å². The molecule has 2 aromatic rings. The Morgan fingerprint density at radius 2 is 2.25 bits per heavy atom. The first kappa shape index (κ1) is 17.7. The van der Waals surface area contributed by atoms with Gasteiger partial charge in [-0.15, -0.1) is 0 Å². The van der Waals surface area contributed by atoms with Crippen molar-refractivity contribution in [1.29, 1.82) is 0 Å². The van der Waals surface area contributed by atoms with Crippen LogP contribution in [0.5, 0.6) is 0 Å². The van der Waals surface area contributed by atoms with Crippen LogP contribution in [0.4, 0.5) is 0 Å². The summed E-state index contributed by atoms with van der Waals surface area (Å²) in [4.78, 5) is 16.8. The number of amides is 1. The molecule has 1 aromatic heterocycles. The largest absolute Gasteiger partial charge is 0.346 e. The molecule has 3 rings (SSSR count). The summed E-state index contributed by atoms with van der Waals surface area (Å²) in [5.41, 5.74) is 2.07. The third kappa shape index (κ3) is 4.28. The minimum Gasteiger partial charge on any atom is -0.346 e. The van der Waals surface area contributed by atoms with Crippen molar-refractivity contribution < 1.29 is 4.79 Å². The van der Waals surface area contributed by atoms with Gasteiger partial charge >= 0.3 is 0 Å². The number of hydrogen-bond donors (Lipinski definition) is 1. The van der Waals surface area contributed by atoms with Crippen molar-refractivity contribution in [1.82, 2.24) is 14.9 Å². The minimum atomic E-state index is -0.0725. The van der Waals surface area contributed by atoms with Gasteiger partial charge in [-0.05, 0) is 38.3 Å². The maximum atomic E-state index is 12.2. The number of rotatable bonds is 7. The lowest BCUT2D eigenvalue weighted by molar-refractivity contribution is -0.121. The van der Waals surface area contributed by atoms with Crippen molar-refractivity contribution in [2.24, 2.45) is 7.05 Å². The number of para-hydroxylation sites is 2. The van der Waals surface area contributed by atoms with Gasteiger partial charge in [0.1, 0.15) is 5.82 Å². The molecule has 0 radical (unpaired) electrons. The van der Waals surface area contributed by atoms with E-state index >= 15 is 0 Å². The molecular formula is C18H25N3OS2. The summed E-state index contributed by atoms with van der Waals surface area (Å²) in [7, 11) is 6.01. The molecule has 1 amide bonds. The van der Waals surface area contributed by atoms with Crippen LogP contribution in [0, 0.1) is 0 Å².